The summed E-state index contributed by atoms with van der Waals surface area (Å²) in [6, 6.07) is 12.1. The van der Waals surface area contributed by atoms with Crippen LogP contribution < -0.4 is 5.32 Å². The number of benzene rings is 2. The summed E-state index contributed by atoms with van der Waals surface area (Å²) < 4.78 is 14.0. The van der Waals surface area contributed by atoms with Gasteiger partial charge in [-0.3, -0.25) is 4.79 Å². The van der Waals surface area contributed by atoms with Gasteiger partial charge in [0.2, 0.25) is 5.91 Å². The van der Waals surface area contributed by atoms with E-state index in [2.05, 4.69) is 21.2 Å². The molecular weight excluding hydrogens is 377 g/mol. The van der Waals surface area contributed by atoms with E-state index in [4.69, 9.17) is 11.6 Å². The number of nitrogens with one attached hydrogen (secondary N) is 1. The highest BCUT2D eigenvalue weighted by molar-refractivity contribution is 9.10. The molecule has 6 heteroatoms. The summed E-state index contributed by atoms with van der Waals surface area (Å²) in [5.41, 5.74) is 1.65. The summed E-state index contributed by atoms with van der Waals surface area (Å²) in [7, 11) is 0. The topological polar surface area (TPSA) is 29.1 Å². The van der Waals surface area contributed by atoms with Gasteiger partial charge in [-0.1, -0.05) is 39.7 Å². The van der Waals surface area contributed by atoms with E-state index in [1.165, 1.54) is 30.0 Å². The molecule has 0 saturated heterocycles. The lowest BCUT2D eigenvalue weighted by Gasteiger charge is -2.06. The molecule has 2 aromatic rings. The Bertz CT molecular complexity index is 636. The number of carbonyl (C=O) groups is 1. The molecule has 0 aliphatic heterocycles. The number of thioether (sulfide) groups is 1. The maximum atomic E-state index is 13.0. The molecule has 0 spiro atoms. The van der Waals surface area contributed by atoms with E-state index in [1.807, 2.05) is 24.3 Å². The van der Waals surface area contributed by atoms with Gasteiger partial charge in [0.1, 0.15) is 5.82 Å². The van der Waals surface area contributed by atoms with Crippen molar-refractivity contribution in [1.82, 2.24) is 0 Å². The number of carbonyl (C=O) groups excluding carboxylic acids is 1. The molecule has 21 heavy (non-hydrogen) atoms. The zero-order valence-electron chi connectivity index (χ0n) is 10.9. The van der Waals surface area contributed by atoms with Gasteiger partial charge < -0.3 is 5.32 Å². The quantitative estimate of drug-likeness (QED) is 0.771. The van der Waals surface area contributed by atoms with Crippen LogP contribution in [0.2, 0.25) is 5.02 Å². The van der Waals surface area contributed by atoms with E-state index in [-0.39, 0.29) is 10.9 Å². The maximum absolute atomic E-state index is 13.0. The Morgan fingerprint density at radius 2 is 1.95 bits per heavy atom. The Morgan fingerprint density at radius 1 is 1.24 bits per heavy atom. The summed E-state index contributed by atoms with van der Waals surface area (Å²) in [4.78, 5) is 11.8. The van der Waals surface area contributed by atoms with Gasteiger partial charge in [-0.05, 0) is 35.9 Å². The van der Waals surface area contributed by atoms with Crippen molar-refractivity contribution in [3.8, 4) is 0 Å². The van der Waals surface area contributed by atoms with E-state index in [0.717, 1.165) is 15.8 Å². The normalized spacial score (nSPS) is 10.4. The van der Waals surface area contributed by atoms with Crippen molar-refractivity contribution in [2.75, 3.05) is 11.1 Å². The van der Waals surface area contributed by atoms with E-state index < -0.39 is 5.82 Å². The molecule has 0 unspecified atom stereocenters. The summed E-state index contributed by atoms with van der Waals surface area (Å²) >= 11 is 10.5. The molecule has 0 fully saturated rings. The minimum Gasteiger partial charge on any atom is -0.325 e. The van der Waals surface area contributed by atoms with Crippen LogP contribution in [0, 0.1) is 5.82 Å². The molecule has 0 radical (unpaired) electrons. The summed E-state index contributed by atoms with van der Waals surface area (Å²) in [5, 5.41) is 2.68. The molecule has 0 atom stereocenters. The SMILES string of the molecule is O=C(CSCc1ccc(Br)cc1)Nc1ccc(F)c(Cl)c1. The van der Waals surface area contributed by atoms with Crippen molar-refractivity contribution in [1.29, 1.82) is 0 Å². The molecule has 110 valence electrons. The van der Waals surface area contributed by atoms with Crippen molar-refractivity contribution >= 4 is 50.9 Å². The molecule has 0 saturated carbocycles. The molecule has 2 aromatic carbocycles. The number of anilines is 1. The van der Waals surface area contributed by atoms with Crippen LogP contribution in [-0.2, 0) is 10.5 Å². The van der Waals surface area contributed by atoms with Crippen LogP contribution in [0.3, 0.4) is 0 Å². The van der Waals surface area contributed by atoms with Gasteiger partial charge in [-0.2, -0.15) is 0 Å². The monoisotopic (exact) mass is 387 g/mol. The van der Waals surface area contributed by atoms with E-state index in [1.54, 1.807) is 0 Å². The third kappa shape index (κ3) is 5.34. The van der Waals surface area contributed by atoms with Crippen LogP contribution in [0.15, 0.2) is 46.9 Å². The van der Waals surface area contributed by atoms with Crippen molar-refractivity contribution in [3.05, 3.63) is 63.3 Å². The molecule has 0 aromatic heterocycles. The average molecular weight is 389 g/mol. The lowest BCUT2D eigenvalue weighted by atomic mass is 10.2. The molecule has 0 aliphatic rings. The van der Waals surface area contributed by atoms with Gasteiger partial charge in [0.05, 0.1) is 10.8 Å². The second kappa shape index (κ2) is 7.82. The summed E-state index contributed by atoms with van der Waals surface area (Å²) in [6.07, 6.45) is 0. The minimum absolute atomic E-state index is 0.00434. The highest BCUT2D eigenvalue weighted by Crippen LogP contribution is 2.20. The average Bonchev–Trinajstić information content (AvgIpc) is 2.45. The fourth-order valence-electron chi connectivity index (χ4n) is 1.61. The molecule has 0 bridgehead atoms. The number of hydrogen-bond donors (Lipinski definition) is 1. The second-order valence-corrected chi connectivity index (χ2v) is 6.60. The highest BCUT2D eigenvalue weighted by atomic mass is 79.9. The predicted molar refractivity (Wildman–Crippen MR) is 90.3 cm³/mol. The molecule has 0 heterocycles. The van der Waals surface area contributed by atoms with Gasteiger partial charge in [0, 0.05) is 15.9 Å². The third-order valence-corrected chi connectivity index (χ3v) is 4.44. The number of halogens is 3. The van der Waals surface area contributed by atoms with E-state index in [0.29, 0.717) is 11.4 Å². The first-order chi connectivity index (χ1) is 10.0. The number of amides is 1. The first-order valence-electron chi connectivity index (χ1n) is 6.11. The smallest absolute Gasteiger partial charge is 0.234 e. The van der Waals surface area contributed by atoms with Crippen molar-refractivity contribution in [3.63, 3.8) is 0 Å². The standard InChI is InChI=1S/C15H12BrClFNOS/c16-11-3-1-10(2-4-11)8-21-9-15(20)19-12-5-6-14(18)13(17)7-12/h1-7H,8-9H2,(H,19,20). The zero-order chi connectivity index (χ0) is 15.2. The second-order valence-electron chi connectivity index (χ2n) is 4.30. The largest absolute Gasteiger partial charge is 0.325 e. The fourth-order valence-corrected chi connectivity index (χ4v) is 2.85. The number of hydrogen-bond acceptors (Lipinski definition) is 2. The van der Waals surface area contributed by atoms with Crippen molar-refractivity contribution in [2.45, 2.75) is 5.75 Å². The fraction of sp³-hybridized carbons (Fsp3) is 0.133. The molecule has 0 aliphatic carbocycles. The van der Waals surface area contributed by atoms with Gasteiger partial charge >= 0.3 is 0 Å². The van der Waals surface area contributed by atoms with E-state index in [9.17, 15) is 9.18 Å². The lowest BCUT2D eigenvalue weighted by molar-refractivity contribution is -0.113. The first-order valence-corrected chi connectivity index (χ1v) is 8.44. The molecule has 1 amide bonds. The van der Waals surface area contributed by atoms with Crippen LogP contribution in [0.5, 0.6) is 0 Å². The number of rotatable bonds is 5. The summed E-state index contributed by atoms with van der Waals surface area (Å²) in [5.74, 6) is 0.440. The van der Waals surface area contributed by atoms with Crippen LogP contribution in [0.1, 0.15) is 5.56 Å². The molecular formula is C15H12BrClFNOS. The Balaban J connectivity index is 1.79. The minimum atomic E-state index is -0.501. The zero-order valence-corrected chi connectivity index (χ0v) is 14.1. The van der Waals surface area contributed by atoms with Gasteiger partial charge in [-0.25, -0.2) is 4.39 Å². The van der Waals surface area contributed by atoms with Gasteiger partial charge in [0.15, 0.2) is 0 Å². The van der Waals surface area contributed by atoms with Crippen molar-refractivity contribution < 1.29 is 9.18 Å². The van der Waals surface area contributed by atoms with Crippen LogP contribution in [-0.4, -0.2) is 11.7 Å². The molecule has 2 nitrogen and oxygen atoms in total. The molecule has 2 rings (SSSR count). The molecule has 1 N–H and O–H groups in total. The Hall–Kier alpha value is -1.04. The van der Waals surface area contributed by atoms with Crippen LogP contribution in [0.25, 0.3) is 0 Å². The Kier molecular flexibility index (Phi) is 6.08. The predicted octanol–water partition coefficient (Wildman–Crippen LogP) is 5.11. The van der Waals surface area contributed by atoms with Crippen molar-refractivity contribution in [2.24, 2.45) is 0 Å². The summed E-state index contributed by atoms with van der Waals surface area (Å²) in [6.45, 7) is 0. The highest BCUT2D eigenvalue weighted by Gasteiger charge is 2.05. The maximum Gasteiger partial charge on any atom is 0.234 e. The first kappa shape index (κ1) is 16.3. The van der Waals surface area contributed by atoms with Gasteiger partial charge in [-0.15, -0.1) is 11.8 Å². The van der Waals surface area contributed by atoms with Crippen LogP contribution in [0.4, 0.5) is 10.1 Å². The third-order valence-electron chi connectivity index (χ3n) is 2.62. The lowest BCUT2D eigenvalue weighted by Crippen LogP contribution is -2.14. The van der Waals surface area contributed by atoms with Crippen LogP contribution >= 0.6 is 39.3 Å². The Labute approximate surface area is 140 Å². The Morgan fingerprint density at radius 3 is 2.62 bits per heavy atom. The van der Waals surface area contributed by atoms with Gasteiger partial charge in [0.25, 0.3) is 0 Å². The van der Waals surface area contributed by atoms with E-state index >= 15 is 0 Å².